The first-order valence-electron chi connectivity index (χ1n) is 12.3. The molecular weight excluding hydrogens is 462 g/mol. The minimum absolute atomic E-state index is 0.0599. The highest BCUT2D eigenvalue weighted by atomic mass is 32.2. The fourth-order valence-electron chi connectivity index (χ4n) is 4.57. The molecule has 0 atom stereocenters. The summed E-state index contributed by atoms with van der Waals surface area (Å²) in [7, 11) is -3.52. The molecule has 0 spiro atoms. The first kappa shape index (κ1) is 25.1. The lowest BCUT2D eigenvalue weighted by Gasteiger charge is -2.29. The van der Waals surface area contributed by atoms with Gasteiger partial charge in [0, 0.05) is 49.6 Å². The first-order chi connectivity index (χ1) is 16.9. The second-order valence-electron chi connectivity index (χ2n) is 9.20. The summed E-state index contributed by atoms with van der Waals surface area (Å²) in [5.74, 6) is -0.199. The molecule has 2 heterocycles. The zero-order chi connectivity index (χ0) is 24.7. The number of nitrogens with one attached hydrogen (secondary N) is 1. The SMILES string of the molecule is O=C(NCc1ccc(C(=O)N2CCCCC2)cc1)C1CCN(S(=O)(=O)C=Cc2ccccc2)CC1. The highest BCUT2D eigenvalue weighted by Gasteiger charge is 2.29. The van der Waals surface area contributed by atoms with E-state index in [9.17, 15) is 18.0 Å². The Morgan fingerprint density at radius 1 is 0.886 bits per heavy atom. The Hall–Kier alpha value is -2.97. The molecule has 0 unspecified atom stereocenters. The molecule has 0 saturated carbocycles. The van der Waals surface area contributed by atoms with Gasteiger partial charge >= 0.3 is 0 Å². The summed E-state index contributed by atoms with van der Waals surface area (Å²) in [6.45, 7) is 2.68. The molecular formula is C27H33N3O4S. The molecule has 2 aliphatic heterocycles. The van der Waals surface area contributed by atoms with E-state index in [0.717, 1.165) is 37.1 Å². The molecule has 7 nitrogen and oxygen atoms in total. The average Bonchev–Trinajstić information content (AvgIpc) is 2.91. The van der Waals surface area contributed by atoms with Crippen molar-refractivity contribution in [3.63, 3.8) is 0 Å². The average molecular weight is 496 g/mol. The van der Waals surface area contributed by atoms with E-state index in [-0.39, 0.29) is 17.7 Å². The second kappa shape index (κ2) is 11.6. The molecule has 8 heteroatoms. The van der Waals surface area contributed by atoms with Gasteiger partial charge in [-0.05, 0) is 61.4 Å². The van der Waals surface area contributed by atoms with Gasteiger partial charge in [0.15, 0.2) is 0 Å². The molecule has 0 bridgehead atoms. The van der Waals surface area contributed by atoms with Crippen LogP contribution in [0.5, 0.6) is 0 Å². The summed E-state index contributed by atoms with van der Waals surface area (Å²) in [5.41, 5.74) is 2.44. The predicted molar refractivity (Wildman–Crippen MR) is 137 cm³/mol. The van der Waals surface area contributed by atoms with E-state index in [0.29, 0.717) is 38.0 Å². The van der Waals surface area contributed by atoms with Crippen LogP contribution in [0, 0.1) is 5.92 Å². The van der Waals surface area contributed by atoms with Crippen LogP contribution in [0.3, 0.4) is 0 Å². The van der Waals surface area contributed by atoms with Crippen molar-refractivity contribution in [1.29, 1.82) is 0 Å². The van der Waals surface area contributed by atoms with Crippen LogP contribution in [0.1, 0.15) is 53.6 Å². The van der Waals surface area contributed by atoms with Crippen molar-refractivity contribution < 1.29 is 18.0 Å². The minimum Gasteiger partial charge on any atom is -0.352 e. The summed E-state index contributed by atoms with van der Waals surface area (Å²) >= 11 is 0. The van der Waals surface area contributed by atoms with E-state index in [1.54, 1.807) is 6.08 Å². The summed E-state index contributed by atoms with van der Waals surface area (Å²) in [4.78, 5) is 27.2. The number of amides is 2. The fraction of sp³-hybridized carbons (Fsp3) is 0.407. The monoisotopic (exact) mass is 495 g/mol. The third-order valence-electron chi connectivity index (χ3n) is 6.73. The van der Waals surface area contributed by atoms with Gasteiger partial charge in [0.25, 0.3) is 5.91 Å². The summed E-state index contributed by atoms with van der Waals surface area (Å²) in [6, 6.07) is 16.7. The lowest BCUT2D eigenvalue weighted by Crippen LogP contribution is -2.42. The Labute approximate surface area is 207 Å². The molecule has 2 aliphatic rings. The van der Waals surface area contributed by atoms with Gasteiger partial charge in [0.05, 0.1) is 0 Å². The number of benzene rings is 2. The maximum Gasteiger partial charge on any atom is 0.253 e. The highest BCUT2D eigenvalue weighted by Crippen LogP contribution is 2.21. The third-order valence-corrected chi connectivity index (χ3v) is 8.29. The molecule has 35 heavy (non-hydrogen) atoms. The molecule has 2 aromatic rings. The van der Waals surface area contributed by atoms with Crippen LogP contribution in [-0.2, 0) is 21.4 Å². The Morgan fingerprint density at radius 3 is 2.20 bits per heavy atom. The van der Waals surface area contributed by atoms with Crippen molar-refractivity contribution >= 4 is 27.9 Å². The maximum atomic E-state index is 12.7. The lowest BCUT2D eigenvalue weighted by atomic mass is 9.97. The van der Waals surface area contributed by atoms with E-state index in [1.807, 2.05) is 59.5 Å². The molecule has 0 aliphatic carbocycles. The number of nitrogens with zero attached hydrogens (tertiary/aromatic N) is 2. The van der Waals surface area contributed by atoms with Crippen molar-refractivity contribution in [3.05, 3.63) is 76.7 Å². The molecule has 2 fully saturated rings. The Morgan fingerprint density at radius 2 is 1.54 bits per heavy atom. The van der Waals surface area contributed by atoms with Gasteiger partial charge in [0.2, 0.25) is 15.9 Å². The molecule has 2 amide bonds. The van der Waals surface area contributed by atoms with Gasteiger partial charge in [-0.15, -0.1) is 0 Å². The highest BCUT2D eigenvalue weighted by molar-refractivity contribution is 7.92. The Kier molecular flexibility index (Phi) is 8.36. The zero-order valence-electron chi connectivity index (χ0n) is 19.9. The largest absolute Gasteiger partial charge is 0.352 e. The van der Waals surface area contributed by atoms with Crippen molar-refractivity contribution in [3.8, 4) is 0 Å². The molecule has 2 saturated heterocycles. The van der Waals surface area contributed by atoms with E-state index >= 15 is 0 Å². The van der Waals surface area contributed by atoms with Crippen molar-refractivity contribution in [2.75, 3.05) is 26.2 Å². The maximum absolute atomic E-state index is 12.7. The number of hydrogen-bond donors (Lipinski definition) is 1. The van der Waals surface area contributed by atoms with Gasteiger partial charge in [0.1, 0.15) is 0 Å². The molecule has 4 rings (SSSR count). The zero-order valence-corrected chi connectivity index (χ0v) is 20.8. The van der Waals surface area contributed by atoms with Crippen LogP contribution in [0.2, 0.25) is 0 Å². The molecule has 186 valence electrons. The Bertz CT molecular complexity index is 1130. The number of hydrogen-bond acceptors (Lipinski definition) is 4. The minimum atomic E-state index is -3.52. The van der Waals surface area contributed by atoms with Crippen LogP contribution < -0.4 is 5.32 Å². The van der Waals surface area contributed by atoms with E-state index in [4.69, 9.17) is 0 Å². The fourth-order valence-corrected chi connectivity index (χ4v) is 5.79. The van der Waals surface area contributed by atoms with Gasteiger partial charge in [-0.2, -0.15) is 4.31 Å². The smallest absolute Gasteiger partial charge is 0.253 e. The predicted octanol–water partition coefficient (Wildman–Crippen LogP) is 3.64. The van der Waals surface area contributed by atoms with Crippen LogP contribution in [0.4, 0.5) is 0 Å². The molecule has 0 aromatic heterocycles. The topological polar surface area (TPSA) is 86.8 Å². The number of likely N-dealkylation sites (tertiary alicyclic amines) is 1. The quantitative estimate of drug-likeness (QED) is 0.635. The molecule has 2 aromatic carbocycles. The second-order valence-corrected chi connectivity index (χ2v) is 11.0. The van der Waals surface area contributed by atoms with Crippen molar-refractivity contribution in [2.45, 2.75) is 38.6 Å². The standard InChI is InChI=1S/C27H33N3O4S/c31-26(28-21-23-9-11-25(12-10-23)27(32)29-16-5-2-6-17-29)24-13-18-30(19-14-24)35(33,34)20-15-22-7-3-1-4-8-22/h1,3-4,7-12,15,20,24H,2,5-6,13-14,16-19,21H2,(H,28,31). The van der Waals surface area contributed by atoms with Crippen LogP contribution in [0.25, 0.3) is 6.08 Å². The number of carbonyl (C=O) groups excluding carboxylic acids is 2. The van der Waals surface area contributed by atoms with Crippen molar-refractivity contribution in [2.24, 2.45) is 5.92 Å². The van der Waals surface area contributed by atoms with E-state index in [2.05, 4.69) is 5.32 Å². The first-order valence-corrected chi connectivity index (χ1v) is 13.8. The van der Waals surface area contributed by atoms with E-state index < -0.39 is 10.0 Å². The van der Waals surface area contributed by atoms with Gasteiger partial charge < -0.3 is 10.2 Å². The molecule has 0 radical (unpaired) electrons. The number of carbonyl (C=O) groups is 2. The van der Waals surface area contributed by atoms with Crippen LogP contribution in [0.15, 0.2) is 60.0 Å². The van der Waals surface area contributed by atoms with Gasteiger partial charge in [-0.25, -0.2) is 8.42 Å². The number of piperidine rings is 2. The number of rotatable bonds is 7. The molecule has 1 N–H and O–H groups in total. The lowest BCUT2D eigenvalue weighted by molar-refractivity contribution is -0.126. The van der Waals surface area contributed by atoms with Crippen molar-refractivity contribution in [1.82, 2.24) is 14.5 Å². The number of sulfonamides is 1. The van der Waals surface area contributed by atoms with Gasteiger partial charge in [-0.3, -0.25) is 9.59 Å². The van der Waals surface area contributed by atoms with Crippen LogP contribution >= 0.6 is 0 Å². The third kappa shape index (κ3) is 6.80. The summed E-state index contributed by atoms with van der Waals surface area (Å²) < 4.78 is 26.7. The van der Waals surface area contributed by atoms with Gasteiger partial charge in [-0.1, -0.05) is 42.5 Å². The summed E-state index contributed by atoms with van der Waals surface area (Å²) in [6.07, 6.45) is 5.89. The Balaban J connectivity index is 1.23. The normalized spacial score (nSPS) is 18.0. The summed E-state index contributed by atoms with van der Waals surface area (Å²) in [5, 5.41) is 4.20. The van der Waals surface area contributed by atoms with Crippen LogP contribution in [-0.4, -0.2) is 55.6 Å². The van der Waals surface area contributed by atoms with E-state index in [1.165, 1.54) is 16.1 Å².